The number of phenols is 3. The molecule has 1 aromatic carbocycles. The van der Waals surface area contributed by atoms with Gasteiger partial charge in [0.15, 0.2) is 17.2 Å². The number of hydrogen-bond acceptors (Lipinski definition) is 5. The van der Waals surface area contributed by atoms with Gasteiger partial charge in [-0.25, -0.2) is 0 Å². The molecule has 0 fully saturated rings. The minimum Gasteiger partial charge on any atom is -0.504 e. The van der Waals surface area contributed by atoms with E-state index in [1.54, 1.807) is 7.05 Å². The van der Waals surface area contributed by atoms with Crippen molar-refractivity contribution >= 4 is 12.4 Å². The van der Waals surface area contributed by atoms with Crippen LogP contribution in [-0.4, -0.2) is 34.0 Å². The SMILES string of the molecule is CNCC(O)c1cc(O)c(O)c(O)c1.Cl. The number of phenolic OH excluding ortho intramolecular Hbond substituents is 3. The van der Waals surface area contributed by atoms with Crippen molar-refractivity contribution in [1.82, 2.24) is 5.32 Å². The molecule has 86 valence electrons. The highest BCUT2D eigenvalue weighted by Crippen LogP contribution is 2.36. The summed E-state index contributed by atoms with van der Waals surface area (Å²) in [6.45, 7) is 0.295. The molecule has 0 heterocycles. The van der Waals surface area contributed by atoms with E-state index in [-0.39, 0.29) is 12.4 Å². The van der Waals surface area contributed by atoms with E-state index in [0.717, 1.165) is 0 Å². The highest BCUT2D eigenvalue weighted by molar-refractivity contribution is 5.85. The highest BCUT2D eigenvalue weighted by Gasteiger charge is 2.13. The molecule has 0 aliphatic carbocycles. The summed E-state index contributed by atoms with van der Waals surface area (Å²) in [6.07, 6.45) is -0.836. The molecule has 1 unspecified atom stereocenters. The van der Waals surface area contributed by atoms with Gasteiger partial charge in [-0.1, -0.05) is 0 Å². The molecule has 1 aromatic rings. The van der Waals surface area contributed by atoms with Crippen LogP contribution >= 0.6 is 12.4 Å². The molecule has 15 heavy (non-hydrogen) atoms. The largest absolute Gasteiger partial charge is 0.504 e. The number of likely N-dealkylation sites (N-methyl/N-ethyl adjacent to an activating group) is 1. The van der Waals surface area contributed by atoms with Crippen LogP contribution in [0.1, 0.15) is 11.7 Å². The third-order valence-corrected chi connectivity index (χ3v) is 1.87. The molecule has 0 bridgehead atoms. The van der Waals surface area contributed by atoms with Crippen LogP contribution in [0.4, 0.5) is 0 Å². The average Bonchev–Trinajstić information content (AvgIpc) is 2.13. The van der Waals surface area contributed by atoms with Crippen molar-refractivity contribution in [1.29, 1.82) is 0 Å². The van der Waals surface area contributed by atoms with Crippen LogP contribution in [0.3, 0.4) is 0 Å². The summed E-state index contributed by atoms with van der Waals surface area (Å²) >= 11 is 0. The van der Waals surface area contributed by atoms with E-state index in [1.165, 1.54) is 12.1 Å². The number of aliphatic hydroxyl groups is 1. The first-order valence-electron chi connectivity index (χ1n) is 4.13. The van der Waals surface area contributed by atoms with Crippen LogP contribution in [0.5, 0.6) is 17.2 Å². The van der Waals surface area contributed by atoms with Crippen molar-refractivity contribution in [2.75, 3.05) is 13.6 Å². The van der Waals surface area contributed by atoms with E-state index in [1.807, 2.05) is 0 Å². The van der Waals surface area contributed by atoms with Crippen LogP contribution in [0.25, 0.3) is 0 Å². The molecule has 1 atom stereocenters. The quantitative estimate of drug-likeness (QED) is 0.492. The van der Waals surface area contributed by atoms with E-state index < -0.39 is 23.4 Å². The standard InChI is InChI=1S/C9H13NO4.ClH/c1-10-4-8(13)5-2-6(11)9(14)7(12)3-5;/h2-3,8,10-14H,4H2,1H3;1H. The molecule has 5 N–H and O–H groups in total. The normalized spacial score (nSPS) is 11.9. The first-order chi connectivity index (χ1) is 6.56. The van der Waals surface area contributed by atoms with Crippen molar-refractivity contribution in [2.45, 2.75) is 6.10 Å². The number of rotatable bonds is 3. The summed E-state index contributed by atoms with van der Waals surface area (Å²) < 4.78 is 0. The summed E-state index contributed by atoms with van der Waals surface area (Å²) in [7, 11) is 1.67. The lowest BCUT2D eigenvalue weighted by molar-refractivity contribution is 0.176. The lowest BCUT2D eigenvalue weighted by Gasteiger charge is -2.11. The molecule has 1 rings (SSSR count). The zero-order valence-electron chi connectivity index (χ0n) is 8.14. The van der Waals surface area contributed by atoms with E-state index >= 15 is 0 Å². The van der Waals surface area contributed by atoms with Gasteiger partial charge >= 0.3 is 0 Å². The number of hydrogen-bond donors (Lipinski definition) is 5. The molecule has 5 nitrogen and oxygen atoms in total. The molecule has 0 radical (unpaired) electrons. The third-order valence-electron chi connectivity index (χ3n) is 1.87. The van der Waals surface area contributed by atoms with Gasteiger partial charge in [0.1, 0.15) is 0 Å². The molecule has 0 spiro atoms. The van der Waals surface area contributed by atoms with Gasteiger partial charge in [0, 0.05) is 6.54 Å². The molecule has 0 saturated heterocycles. The average molecular weight is 236 g/mol. The Morgan fingerprint density at radius 3 is 2.07 bits per heavy atom. The lowest BCUT2D eigenvalue weighted by atomic mass is 10.1. The van der Waals surface area contributed by atoms with Gasteiger partial charge in [0.25, 0.3) is 0 Å². The molecule has 0 aliphatic rings. The fourth-order valence-electron chi connectivity index (χ4n) is 1.13. The predicted molar refractivity (Wildman–Crippen MR) is 57.6 cm³/mol. The predicted octanol–water partition coefficient (Wildman–Crippen LogP) is 0.478. The van der Waals surface area contributed by atoms with Gasteiger partial charge in [-0.15, -0.1) is 12.4 Å². The second-order valence-corrected chi connectivity index (χ2v) is 2.98. The Labute approximate surface area is 93.4 Å². The molecular formula is C9H14ClNO4. The molecule has 0 aliphatic heterocycles. The van der Waals surface area contributed by atoms with Crippen LogP contribution in [0, 0.1) is 0 Å². The molecule has 0 amide bonds. The summed E-state index contributed by atoms with van der Waals surface area (Å²) in [6, 6.07) is 2.41. The van der Waals surface area contributed by atoms with Crippen molar-refractivity contribution in [3.63, 3.8) is 0 Å². The van der Waals surface area contributed by atoms with Crippen LogP contribution in [0.15, 0.2) is 12.1 Å². The lowest BCUT2D eigenvalue weighted by Crippen LogP contribution is -2.16. The monoisotopic (exact) mass is 235 g/mol. The highest BCUT2D eigenvalue weighted by atomic mass is 35.5. The Morgan fingerprint density at radius 1 is 1.20 bits per heavy atom. The summed E-state index contributed by atoms with van der Waals surface area (Å²) in [5, 5.41) is 39.6. The molecular weight excluding hydrogens is 222 g/mol. The van der Waals surface area contributed by atoms with Crippen molar-refractivity contribution in [2.24, 2.45) is 0 Å². The first kappa shape index (κ1) is 13.8. The number of halogens is 1. The molecule has 0 saturated carbocycles. The van der Waals surface area contributed by atoms with Crippen molar-refractivity contribution in [3.05, 3.63) is 17.7 Å². The first-order valence-corrected chi connectivity index (χ1v) is 4.13. The van der Waals surface area contributed by atoms with Crippen molar-refractivity contribution < 1.29 is 20.4 Å². The summed E-state index contributed by atoms with van der Waals surface area (Å²) in [4.78, 5) is 0. The number of aliphatic hydroxyl groups excluding tert-OH is 1. The Bertz CT molecular complexity index is 309. The summed E-state index contributed by atoms with van der Waals surface area (Å²) in [5.41, 5.74) is 0.340. The Hall–Kier alpha value is -1.17. The van der Waals surface area contributed by atoms with Crippen molar-refractivity contribution in [3.8, 4) is 17.2 Å². The summed E-state index contributed by atoms with van der Waals surface area (Å²) in [5.74, 6) is -1.48. The number of benzene rings is 1. The van der Waals surface area contributed by atoms with Gasteiger partial charge in [-0.3, -0.25) is 0 Å². The topological polar surface area (TPSA) is 93.0 Å². The number of aromatic hydroxyl groups is 3. The van der Waals surface area contributed by atoms with Gasteiger partial charge in [0.05, 0.1) is 6.10 Å². The fourth-order valence-corrected chi connectivity index (χ4v) is 1.13. The Kier molecular flexibility index (Phi) is 5.21. The second kappa shape index (κ2) is 5.65. The Balaban J connectivity index is 0.00000196. The zero-order valence-corrected chi connectivity index (χ0v) is 8.95. The third kappa shape index (κ3) is 3.16. The van der Waals surface area contributed by atoms with Crippen LogP contribution in [-0.2, 0) is 0 Å². The second-order valence-electron chi connectivity index (χ2n) is 2.98. The fraction of sp³-hybridized carbons (Fsp3) is 0.333. The maximum absolute atomic E-state index is 9.49. The van der Waals surface area contributed by atoms with E-state index in [4.69, 9.17) is 15.3 Å². The Morgan fingerprint density at radius 2 is 1.67 bits per heavy atom. The maximum Gasteiger partial charge on any atom is 0.200 e. The smallest absolute Gasteiger partial charge is 0.200 e. The van der Waals surface area contributed by atoms with E-state index in [0.29, 0.717) is 12.1 Å². The van der Waals surface area contributed by atoms with Gasteiger partial charge in [0.2, 0.25) is 0 Å². The van der Waals surface area contributed by atoms with Gasteiger partial charge in [-0.2, -0.15) is 0 Å². The van der Waals surface area contributed by atoms with Gasteiger partial charge < -0.3 is 25.7 Å². The number of nitrogens with one attached hydrogen (secondary N) is 1. The van der Waals surface area contributed by atoms with E-state index in [9.17, 15) is 5.11 Å². The van der Waals surface area contributed by atoms with Crippen LogP contribution in [0.2, 0.25) is 0 Å². The minimum atomic E-state index is -0.836. The zero-order chi connectivity index (χ0) is 10.7. The maximum atomic E-state index is 9.49. The van der Waals surface area contributed by atoms with Crippen LogP contribution < -0.4 is 5.32 Å². The van der Waals surface area contributed by atoms with Gasteiger partial charge in [-0.05, 0) is 24.7 Å². The van der Waals surface area contributed by atoms with E-state index in [2.05, 4.69) is 5.32 Å². The molecule has 0 aromatic heterocycles. The molecule has 6 heteroatoms. The minimum absolute atomic E-state index is 0.